The van der Waals surface area contributed by atoms with Crippen molar-refractivity contribution in [2.75, 3.05) is 6.54 Å². The maximum Gasteiger partial charge on any atom is 0.326 e. The van der Waals surface area contributed by atoms with Gasteiger partial charge in [0.05, 0.1) is 6.42 Å². The number of para-hydroxylation sites is 1. The number of aliphatic carboxylic acids is 1. The average molecular weight is 303 g/mol. The Morgan fingerprint density at radius 2 is 2.05 bits per heavy atom. The van der Waals surface area contributed by atoms with Crippen molar-refractivity contribution in [1.29, 1.82) is 0 Å². The van der Waals surface area contributed by atoms with Crippen LogP contribution in [0.25, 0.3) is 10.9 Å². The molecule has 1 atom stereocenters. The minimum atomic E-state index is -1.01. The highest BCUT2D eigenvalue weighted by atomic mass is 16.4. The molecule has 5 N–H and O–H groups in total. The Kier molecular flexibility index (Phi) is 5.55. The molecule has 0 spiro atoms. The van der Waals surface area contributed by atoms with E-state index in [-0.39, 0.29) is 12.3 Å². The number of aromatic nitrogens is 1. The van der Waals surface area contributed by atoms with Gasteiger partial charge in [-0.2, -0.15) is 0 Å². The number of fused-ring (bicyclic) bond motifs is 1. The van der Waals surface area contributed by atoms with Crippen LogP contribution in [0.3, 0.4) is 0 Å². The molecule has 0 saturated carbocycles. The molecular formula is C16H21N3O3. The summed E-state index contributed by atoms with van der Waals surface area (Å²) in [6.45, 7) is 0.523. The number of rotatable bonds is 8. The van der Waals surface area contributed by atoms with Crippen molar-refractivity contribution in [3.05, 3.63) is 36.0 Å². The number of unbranched alkanes of at least 4 members (excludes halogenated alkanes) is 1. The molecule has 118 valence electrons. The Morgan fingerprint density at radius 3 is 2.77 bits per heavy atom. The Labute approximate surface area is 128 Å². The molecule has 0 saturated heterocycles. The molecule has 6 heteroatoms. The van der Waals surface area contributed by atoms with E-state index in [1.807, 2.05) is 24.3 Å². The largest absolute Gasteiger partial charge is 0.480 e. The van der Waals surface area contributed by atoms with Crippen LogP contribution >= 0.6 is 0 Å². The smallest absolute Gasteiger partial charge is 0.326 e. The summed E-state index contributed by atoms with van der Waals surface area (Å²) in [6, 6.07) is 6.84. The number of carbonyl (C=O) groups is 2. The van der Waals surface area contributed by atoms with E-state index in [9.17, 15) is 9.59 Å². The van der Waals surface area contributed by atoms with E-state index in [1.54, 1.807) is 6.20 Å². The fraction of sp³-hybridized carbons (Fsp3) is 0.375. The molecule has 0 unspecified atom stereocenters. The zero-order chi connectivity index (χ0) is 15.9. The maximum absolute atomic E-state index is 12.1. The minimum Gasteiger partial charge on any atom is -0.480 e. The lowest BCUT2D eigenvalue weighted by Gasteiger charge is -2.14. The first kappa shape index (κ1) is 16.0. The Hall–Kier alpha value is -2.34. The monoisotopic (exact) mass is 303 g/mol. The Morgan fingerprint density at radius 1 is 1.27 bits per heavy atom. The number of nitrogens with one attached hydrogen (secondary N) is 2. The predicted octanol–water partition coefficient (Wildman–Crippen LogP) is 1.41. The molecule has 0 radical (unpaired) electrons. The lowest BCUT2D eigenvalue weighted by atomic mass is 10.1. The van der Waals surface area contributed by atoms with Gasteiger partial charge in [0.25, 0.3) is 0 Å². The van der Waals surface area contributed by atoms with E-state index in [0.717, 1.165) is 22.9 Å². The van der Waals surface area contributed by atoms with Gasteiger partial charge in [-0.3, -0.25) is 4.79 Å². The number of H-pyrrole nitrogens is 1. The zero-order valence-corrected chi connectivity index (χ0v) is 12.3. The van der Waals surface area contributed by atoms with E-state index in [1.165, 1.54) is 0 Å². The van der Waals surface area contributed by atoms with Crippen LogP contribution in [0.15, 0.2) is 30.5 Å². The zero-order valence-electron chi connectivity index (χ0n) is 12.3. The van der Waals surface area contributed by atoms with Crippen molar-refractivity contribution in [2.24, 2.45) is 5.73 Å². The van der Waals surface area contributed by atoms with Gasteiger partial charge in [-0.25, -0.2) is 4.79 Å². The first-order chi connectivity index (χ1) is 10.6. The van der Waals surface area contributed by atoms with Crippen LogP contribution in [-0.4, -0.2) is 34.6 Å². The number of nitrogens with two attached hydrogens (primary N) is 1. The van der Waals surface area contributed by atoms with Crippen molar-refractivity contribution in [1.82, 2.24) is 10.3 Å². The number of aromatic amines is 1. The summed E-state index contributed by atoms with van der Waals surface area (Å²) >= 11 is 0. The lowest BCUT2D eigenvalue weighted by molar-refractivity contribution is -0.142. The third kappa shape index (κ3) is 4.08. The van der Waals surface area contributed by atoms with Crippen LogP contribution < -0.4 is 11.1 Å². The second-order valence-corrected chi connectivity index (χ2v) is 5.28. The van der Waals surface area contributed by atoms with E-state index in [0.29, 0.717) is 19.4 Å². The molecule has 6 nitrogen and oxygen atoms in total. The number of carbonyl (C=O) groups excluding carboxylic acids is 1. The van der Waals surface area contributed by atoms with Crippen molar-refractivity contribution < 1.29 is 14.7 Å². The molecule has 0 aliphatic heterocycles. The topological polar surface area (TPSA) is 108 Å². The quantitative estimate of drug-likeness (QED) is 0.553. The number of carboxylic acid groups (broad SMARTS) is 1. The first-order valence-electron chi connectivity index (χ1n) is 7.39. The number of carboxylic acids is 1. The summed E-state index contributed by atoms with van der Waals surface area (Å²) in [5.74, 6) is -1.30. The van der Waals surface area contributed by atoms with Gasteiger partial charge in [0.2, 0.25) is 5.91 Å². The number of amides is 1. The normalized spacial score (nSPS) is 12.2. The number of benzene rings is 1. The van der Waals surface area contributed by atoms with Gasteiger partial charge < -0.3 is 21.1 Å². The third-order valence-electron chi connectivity index (χ3n) is 3.61. The molecule has 1 heterocycles. The predicted molar refractivity (Wildman–Crippen MR) is 84.5 cm³/mol. The number of hydrogen-bond donors (Lipinski definition) is 4. The molecule has 0 bridgehead atoms. The van der Waals surface area contributed by atoms with E-state index in [2.05, 4.69) is 10.3 Å². The fourth-order valence-corrected chi connectivity index (χ4v) is 2.45. The number of hydrogen-bond acceptors (Lipinski definition) is 3. The average Bonchev–Trinajstić information content (AvgIpc) is 2.89. The van der Waals surface area contributed by atoms with Crippen LogP contribution in [0.5, 0.6) is 0 Å². The summed E-state index contributed by atoms with van der Waals surface area (Å²) in [4.78, 5) is 26.4. The van der Waals surface area contributed by atoms with E-state index >= 15 is 0 Å². The van der Waals surface area contributed by atoms with Crippen LogP contribution in [0.1, 0.15) is 24.8 Å². The van der Waals surface area contributed by atoms with E-state index < -0.39 is 12.0 Å². The second kappa shape index (κ2) is 7.61. The fourth-order valence-electron chi connectivity index (χ4n) is 2.45. The molecule has 1 aromatic carbocycles. The SMILES string of the molecule is NCCCC[C@H](NC(=O)Cc1c[nH]c2ccccc12)C(=O)O. The highest BCUT2D eigenvalue weighted by Crippen LogP contribution is 2.18. The van der Waals surface area contributed by atoms with Gasteiger partial charge in [-0.1, -0.05) is 18.2 Å². The first-order valence-corrected chi connectivity index (χ1v) is 7.39. The Bertz CT molecular complexity index is 651. The maximum atomic E-state index is 12.1. The molecule has 0 aliphatic rings. The summed E-state index contributed by atoms with van der Waals surface area (Å²) in [5.41, 5.74) is 7.22. The van der Waals surface area contributed by atoms with Gasteiger partial charge in [-0.15, -0.1) is 0 Å². The van der Waals surface area contributed by atoms with Crippen LogP contribution in [0.2, 0.25) is 0 Å². The molecule has 1 amide bonds. The molecule has 1 aromatic heterocycles. The Balaban J connectivity index is 1.97. The summed E-state index contributed by atoms with van der Waals surface area (Å²) < 4.78 is 0. The van der Waals surface area contributed by atoms with Crippen LogP contribution in [-0.2, 0) is 16.0 Å². The van der Waals surface area contributed by atoms with Crippen molar-refractivity contribution >= 4 is 22.8 Å². The van der Waals surface area contributed by atoms with E-state index in [4.69, 9.17) is 10.8 Å². The van der Waals surface area contributed by atoms with Crippen LogP contribution in [0.4, 0.5) is 0 Å². The molecular weight excluding hydrogens is 282 g/mol. The standard InChI is InChI=1S/C16H21N3O3/c17-8-4-3-7-14(16(21)22)19-15(20)9-11-10-18-13-6-2-1-5-12(11)13/h1-2,5-6,10,14,18H,3-4,7-9,17H2,(H,19,20)(H,21,22)/t14-/m0/s1. The summed E-state index contributed by atoms with van der Waals surface area (Å²) in [6.07, 6.45) is 3.77. The minimum absolute atomic E-state index is 0.157. The molecule has 0 aliphatic carbocycles. The molecule has 0 fully saturated rings. The van der Waals surface area contributed by atoms with Crippen molar-refractivity contribution in [3.63, 3.8) is 0 Å². The van der Waals surface area contributed by atoms with Gasteiger partial charge in [-0.05, 0) is 37.4 Å². The van der Waals surface area contributed by atoms with Gasteiger partial charge in [0.15, 0.2) is 0 Å². The summed E-state index contributed by atoms with van der Waals surface area (Å²) in [5, 5.41) is 12.7. The van der Waals surface area contributed by atoms with Crippen molar-refractivity contribution in [2.45, 2.75) is 31.7 Å². The third-order valence-corrected chi connectivity index (χ3v) is 3.61. The van der Waals surface area contributed by atoms with Crippen LogP contribution in [0, 0.1) is 0 Å². The second-order valence-electron chi connectivity index (χ2n) is 5.28. The molecule has 22 heavy (non-hydrogen) atoms. The molecule has 2 aromatic rings. The van der Waals surface area contributed by atoms with Crippen molar-refractivity contribution in [3.8, 4) is 0 Å². The molecule has 2 rings (SSSR count). The lowest BCUT2D eigenvalue weighted by Crippen LogP contribution is -2.41. The highest BCUT2D eigenvalue weighted by Gasteiger charge is 2.20. The summed E-state index contributed by atoms with van der Waals surface area (Å²) in [7, 11) is 0. The van der Waals surface area contributed by atoms with Gasteiger partial charge >= 0.3 is 5.97 Å². The van der Waals surface area contributed by atoms with Gasteiger partial charge in [0.1, 0.15) is 6.04 Å². The van der Waals surface area contributed by atoms with Gasteiger partial charge in [0, 0.05) is 17.1 Å². The highest BCUT2D eigenvalue weighted by molar-refractivity contribution is 5.90.